The van der Waals surface area contributed by atoms with Gasteiger partial charge >= 0.3 is 0 Å². The normalized spacial score (nSPS) is 16.2. The Labute approximate surface area is 384 Å². The highest BCUT2D eigenvalue weighted by Crippen LogP contribution is 2.64. The van der Waals surface area contributed by atoms with Crippen LogP contribution in [0.2, 0.25) is 0 Å². The summed E-state index contributed by atoms with van der Waals surface area (Å²) in [6.07, 6.45) is 13.5. The van der Waals surface area contributed by atoms with E-state index in [4.69, 9.17) is 4.42 Å². The van der Waals surface area contributed by atoms with Crippen molar-refractivity contribution in [3.8, 4) is 44.5 Å². The lowest BCUT2D eigenvalue weighted by Gasteiger charge is -2.49. The first-order valence-corrected chi connectivity index (χ1v) is 24.4. The summed E-state index contributed by atoms with van der Waals surface area (Å²) in [5.41, 5.74) is 21.8. The van der Waals surface area contributed by atoms with Crippen molar-refractivity contribution >= 4 is 39.0 Å². The Morgan fingerprint density at radius 3 is 1.66 bits per heavy atom. The van der Waals surface area contributed by atoms with Crippen LogP contribution in [0.1, 0.15) is 86.5 Å². The summed E-state index contributed by atoms with van der Waals surface area (Å²) in [5.74, 6) is 1.33. The number of para-hydroxylation sites is 2. The summed E-state index contributed by atoms with van der Waals surface area (Å²) in [6, 6.07) is 65.6. The Morgan fingerprint density at radius 1 is 0.446 bits per heavy atom. The van der Waals surface area contributed by atoms with Crippen molar-refractivity contribution < 1.29 is 4.42 Å². The molecule has 1 heterocycles. The van der Waals surface area contributed by atoms with Gasteiger partial charge in [0, 0.05) is 38.8 Å². The van der Waals surface area contributed by atoms with Crippen molar-refractivity contribution in [2.24, 2.45) is 11.8 Å². The minimum Gasteiger partial charge on any atom is -0.455 e. The fourth-order valence-electron chi connectivity index (χ4n) is 12.8. The minimum absolute atomic E-state index is 0.0402. The van der Waals surface area contributed by atoms with E-state index >= 15 is 0 Å². The second-order valence-corrected chi connectivity index (χ2v) is 19.4. The number of hydrogen-bond acceptors (Lipinski definition) is 2. The van der Waals surface area contributed by atoms with Gasteiger partial charge in [-0.25, -0.2) is 0 Å². The van der Waals surface area contributed by atoms with Gasteiger partial charge in [-0.1, -0.05) is 178 Å². The predicted molar refractivity (Wildman–Crippen MR) is 274 cm³/mol. The number of hydrogen-bond donors (Lipinski definition) is 0. The number of nitrogens with zero attached hydrogens (tertiary/aromatic N) is 1. The molecule has 320 valence electrons. The number of benzene rings is 8. The highest BCUT2D eigenvalue weighted by molar-refractivity contribution is 6.09. The molecule has 8 aromatic carbocycles. The Bertz CT molecular complexity index is 3140. The van der Waals surface area contributed by atoms with E-state index in [1.165, 1.54) is 109 Å². The van der Waals surface area contributed by atoms with Gasteiger partial charge in [0.15, 0.2) is 0 Å². The van der Waals surface area contributed by atoms with Crippen molar-refractivity contribution in [3.63, 3.8) is 0 Å². The predicted octanol–water partition coefficient (Wildman–Crippen LogP) is 18.1. The van der Waals surface area contributed by atoms with Gasteiger partial charge < -0.3 is 9.32 Å². The molecule has 0 saturated heterocycles. The van der Waals surface area contributed by atoms with E-state index < -0.39 is 0 Å². The van der Waals surface area contributed by atoms with Gasteiger partial charge in [0.25, 0.3) is 0 Å². The molecule has 0 spiro atoms. The first kappa shape index (κ1) is 39.9. The molecule has 9 aromatic rings. The maximum atomic E-state index is 6.48. The van der Waals surface area contributed by atoms with Gasteiger partial charge in [-0.15, -0.1) is 0 Å². The van der Waals surface area contributed by atoms with Crippen molar-refractivity contribution in [1.29, 1.82) is 0 Å². The average molecular weight is 844 g/mol. The first-order chi connectivity index (χ1) is 32.1. The van der Waals surface area contributed by atoms with Crippen LogP contribution in [-0.4, -0.2) is 0 Å². The fraction of sp³-hybridized carbons (Fsp3) is 0.238. The zero-order chi connectivity index (χ0) is 43.5. The second kappa shape index (κ2) is 16.4. The van der Waals surface area contributed by atoms with E-state index in [-0.39, 0.29) is 5.41 Å². The molecule has 0 unspecified atom stereocenters. The van der Waals surface area contributed by atoms with Gasteiger partial charge in [-0.2, -0.15) is 0 Å². The molecule has 0 N–H and O–H groups in total. The molecule has 0 bridgehead atoms. The molecule has 0 amide bonds. The maximum absolute atomic E-state index is 6.48. The molecular formula is C63H57NO. The van der Waals surface area contributed by atoms with Crippen molar-refractivity contribution in [1.82, 2.24) is 0 Å². The van der Waals surface area contributed by atoms with Gasteiger partial charge in [0.1, 0.15) is 11.2 Å². The number of aryl methyl sites for hydroxylation is 2. The largest absolute Gasteiger partial charge is 0.455 e. The molecule has 0 atom stereocenters. The summed E-state index contributed by atoms with van der Waals surface area (Å²) >= 11 is 0. The molecule has 3 aliphatic carbocycles. The molecule has 0 aliphatic heterocycles. The van der Waals surface area contributed by atoms with Crippen LogP contribution in [0, 0.1) is 25.7 Å². The zero-order valence-corrected chi connectivity index (χ0v) is 37.8. The number of furan rings is 1. The van der Waals surface area contributed by atoms with E-state index in [2.05, 4.69) is 189 Å². The molecule has 3 aliphatic rings. The van der Waals surface area contributed by atoms with Crippen LogP contribution in [0.4, 0.5) is 17.1 Å². The molecular weight excluding hydrogens is 787 g/mol. The molecule has 2 heteroatoms. The van der Waals surface area contributed by atoms with E-state index in [1.54, 1.807) is 11.1 Å². The van der Waals surface area contributed by atoms with Gasteiger partial charge in [0.05, 0.1) is 0 Å². The van der Waals surface area contributed by atoms with Crippen molar-refractivity contribution in [2.45, 2.75) is 83.5 Å². The quantitative estimate of drug-likeness (QED) is 0.152. The third-order valence-corrected chi connectivity index (χ3v) is 15.7. The van der Waals surface area contributed by atoms with Gasteiger partial charge in [-0.05, 0) is 149 Å². The smallest absolute Gasteiger partial charge is 0.143 e. The standard InChI is InChI=1S/C63H57NO/c1-42-25-39-54-56-40-26-43(2)60(61(56)63(58(54)41-42,48-17-8-4-9-18-48)49-19-10-5-11-20-49)47-31-37-52(38-32-47)64(50-33-27-45(28-34-50)44-15-6-3-7-16-44)51-35-29-46(30-36-51)53-22-14-23-57-55-21-12-13-24-59(55)65-62(53)57/h3,6-7,12-16,21-41,48-49H,4-5,8-11,17-20H2,1-2H3. The third kappa shape index (κ3) is 6.67. The Balaban J connectivity index is 0.982. The van der Waals surface area contributed by atoms with Crippen LogP contribution in [0.3, 0.4) is 0 Å². The average Bonchev–Trinajstić information content (AvgIpc) is 3.89. The molecule has 12 rings (SSSR count). The minimum atomic E-state index is 0.0402. The molecule has 2 fully saturated rings. The second-order valence-electron chi connectivity index (χ2n) is 19.4. The lowest BCUT2D eigenvalue weighted by atomic mass is 9.53. The van der Waals surface area contributed by atoms with Gasteiger partial charge in [0.2, 0.25) is 0 Å². The summed E-state index contributed by atoms with van der Waals surface area (Å²) in [4.78, 5) is 2.42. The van der Waals surface area contributed by atoms with E-state index in [9.17, 15) is 0 Å². The number of rotatable bonds is 8. The van der Waals surface area contributed by atoms with Crippen LogP contribution < -0.4 is 4.90 Å². The van der Waals surface area contributed by atoms with Crippen LogP contribution in [0.15, 0.2) is 180 Å². The Kier molecular flexibility index (Phi) is 10.1. The third-order valence-electron chi connectivity index (χ3n) is 15.7. The molecule has 1 aromatic heterocycles. The lowest BCUT2D eigenvalue weighted by Crippen LogP contribution is -2.44. The monoisotopic (exact) mass is 843 g/mol. The highest BCUT2D eigenvalue weighted by atomic mass is 16.3. The molecule has 65 heavy (non-hydrogen) atoms. The lowest BCUT2D eigenvalue weighted by molar-refractivity contribution is 0.138. The van der Waals surface area contributed by atoms with Crippen LogP contribution in [0.25, 0.3) is 66.4 Å². The van der Waals surface area contributed by atoms with E-state index in [0.29, 0.717) is 11.8 Å². The van der Waals surface area contributed by atoms with E-state index in [0.717, 1.165) is 50.1 Å². The molecule has 2 saturated carbocycles. The first-order valence-electron chi connectivity index (χ1n) is 24.4. The topological polar surface area (TPSA) is 16.4 Å². The maximum Gasteiger partial charge on any atom is 0.143 e. The van der Waals surface area contributed by atoms with Crippen LogP contribution in [0.5, 0.6) is 0 Å². The Morgan fingerprint density at radius 2 is 1.00 bits per heavy atom. The summed E-state index contributed by atoms with van der Waals surface area (Å²) < 4.78 is 6.48. The zero-order valence-electron chi connectivity index (χ0n) is 37.8. The van der Waals surface area contributed by atoms with Crippen LogP contribution >= 0.6 is 0 Å². The van der Waals surface area contributed by atoms with Crippen molar-refractivity contribution in [3.05, 3.63) is 198 Å². The van der Waals surface area contributed by atoms with Crippen molar-refractivity contribution in [2.75, 3.05) is 4.90 Å². The molecule has 0 radical (unpaired) electrons. The molecule has 2 nitrogen and oxygen atoms in total. The number of fused-ring (bicyclic) bond motifs is 6. The van der Waals surface area contributed by atoms with Crippen LogP contribution in [-0.2, 0) is 5.41 Å². The summed E-state index contributed by atoms with van der Waals surface area (Å²) in [7, 11) is 0. The number of anilines is 3. The van der Waals surface area contributed by atoms with E-state index in [1.807, 2.05) is 6.07 Å². The summed E-state index contributed by atoms with van der Waals surface area (Å²) in [5, 5.41) is 2.30. The Hall–Kier alpha value is -6.64. The summed E-state index contributed by atoms with van der Waals surface area (Å²) in [6.45, 7) is 4.69. The SMILES string of the molecule is Cc1ccc2c(c1)C(C1CCCCC1)(C1CCCCC1)c1c-2ccc(C)c1-c1ccc(N(c2ccc(-c3ccccc3)cc2)c2ccc(-c3cccc4c3oc3ccccc34)cc2)cc1. The van der Waals surface area contributed by atoms with Gasteiger partial charge in [-0.3, -0.25) is 0 Å². The highest BCUT2D eigenvalue weighted by Gasteiger charge is 2.54. The fourth-order valence-corrected chi connectivity index (χ4v) is 12.8.